The van der Waals surface area contributed by atoms with E-state index in [9.17, 15) is 9.59 Å². The van der Waals surface area contributed by atoms with Crippen molar-refractivity contribution in [2.45, 2.75) is 47.7 Å². The summed E-state index contributed by atoms with van der Waals surface area (Å²) < 4.78 is 2.96. The SMILES string of the molecule is CCn1nc(-c2ccc(C)cc2)cc(Nc2cncc3ccccc23)c1=O.CCn1nc(-c2ccc(C)cc2)cc(Nc2cnccc2C)c1=O. The number of hydrogen-bond acceptors (Lipinski definition) is 8. The van der Waals surface area contributed by atoms with Crippen molar-refractivity contribution in [1.82, 2.24) is 29.5 Å². The van der Waals surface area contributed by atoms with E-state index in [-0.39, 0.29) is 11.1 Å². The van der Waals surface area contributed by atoms with Gasteiger partial charge in [-0.1, -0.05) is 83.9 Å². The third-order valence-electron chi connectivity index (χ3n) is 8.49. The Morgan fingerprint density at radius 1 is 0.569 bits per heavy atom. The Kier molecular flexibility index (Phi) is 10.4. The van der Waals surface area contributed by atoms with Crippen molar-refractivity contribution in [2.75, 3.05) is 10.6 Å². The maximum atomic E-state index is 12.8. The lowest BCUT2D eigenvalue weighted by Gasteiger charge is -2.12. The number of nitrogens with one attached hydrogen (secondary N) is 2. The molecule has 10 nitrogen and oxygen atoms in total. The van der Waals surface area contributed by atoms with Crippen LogP contribution in [-0.2, 0) is 13.1 Å². The van der Waals surface area contributed by atoms with E-state index in [0.717, 1.165) is 50.2 Å². The topological polar surface area (TPSA) is 120 Å². The lowest BCUT2D eigenvalue weighted by molar-refractivity contribution is 0.621. The number of benzene rings is 3. The predicted molar refractivity (Wildman–Crippen MR) is 206 cm³/mol. The molecule has 7 rings (SSSR count). The summed E-state index contributed by atoms with van der Waals surface area (Å²) in [5.41, 5.74) is 9.18. The minimum Gasteiger partial charge on any atom is -0.349 e. The fourth-order valence-electron chi connectivity index (χ4n) is 5.52. The van der Waals surface area contributed by atoms with Gasteiger partial charge < -0.3 is 10.6 Å². The Morgan fingerprint density at radius 3 is 1.61 bits per heavy atom. The Morgan fingerprint density at radius 2 is 1.08 bits per heavy atom. The normalized spacial score (nSPS) is 10.8. The monoisotopic (exact) mass is 676 g/mol. The van der Waals surface area contributed by atoms with Crippen LogP contribution in [0.15, 0.2) is 125 Å². The van der Waals surface area contributed by atoms with Crippen LogP contribution in [0.5, 0.6) is 0 Å². The second-order valence-corrected chi connectivity index (χ2v) is 12.2. The van der Waals surface area contributed by atoms with Crippen LogP contribution in [0.25, 0.3) is 33.3 Å². The average Bonchev–Trinajstić information content (AvgIpc) is 3.15. The summed E-state index contributed by atoms with van der Waals surface area (Å²) in [6.45, 7) is 10.9. The van der Waals surface area contributed by atoms with Gasteiger partial charge in [-0.15, -0.1) is 0 Å². The predicted octanol–water partition coefficient (Wildman–Crippen LogP) is 8.22. The number of nitrogens with zero attached hydrogens (tertiary/aromatic N) is 6. The van der Waals surface area contributed by atoms with E-state index < -0.39 is 0 Å². The molecule has 0 fully saturated rings. The van der Waals surface area contributed by atoms with Gasteiger partial charge in [0.05, 0.1) is 35.2 Å². The summed E-state index contributed by atoms with van der Waals surface area (Å²) >= 11 is 0. The zero-order valence-corrected chi connectivity index (χ0v) is 29.4. The number of rotatable bonds is 8. The van der Waals surface area contributed by atoms with Crippen LogP contribution in [0.2, 0.25) is 0 Å². The molecule has 3 aromatic carbocycles. The summed E-state index contributed by atoms with van der Waals surface area (Å²) in [5.74, 6) is 0. The maximum absolute atomic E-state index is 12.8. The number of fused-ring (bicyclic) bond motifs is 1. The van der Waals surface area contributed by atoms with E-state index in [4.69, 9.17) is 0 Å². The second kappa shape index (κ2) is 15.4. The summed E-state index contributed by atoms with van der Waals surface area (Å²) in [6, 6.07) is 29.7. The molecule has 0 aliphatic rings. The van der Waals surface area contributed by atoms with Crippen molar-refractivity contribution in [3.05, 3.63) is 153 Å². The van der Waals surface area contributed by atoms with Gasteiger partial charge in [0.1, 0.15) is 11.4 Å². The second-order valence-electron chi connectivity index (χ2n) is 12.2. The smallest absolute Gasteiger partial charge is 0.290 e. The van der Waals surface area contributed by atoms with Crippen molar-refractivity contribution in [3.63, 3.8) is 0 Å². The van der Waals surface area contributed by atoms with Gasteiger partial charge in [0.2, 0.25) is 0 Å². The maximum Gasteiger partial charge on any atom is 0.290 e. The number of anilines is 4. The molecule has 0 aliphatic heterocycles. The Labute approximate surface area is 296 Å². The summed E-state index contributed by atoms with van der Waals surface area (Å²) in [5, 5.41) is 17.5. The molecule has 0 bridgehead atoms. The Balaban J connectivity index is 0.000000177. The van der Waals surface area contributed by atoms with E-state index in [1.807, 2.05) is 120 Å². The van der Waals surface area contributed by atoms with Gasteiger partial charge in [-0.05, 0) is 58.4 Å². The lowest BCUT2D eigenvalue weighted by atomic mass is 10.1. The van der Waals surface area contributed by atoms with Crippen molar-refractivity contribution in [1.29, 1.82) is 0 Å². The number of aryl methyl sites for hydroxylation is 5. The minimum absolute atomic E-state index is 0.142. The molecular formula is C41H40N8O2. The lowest BCUT2D eigenvalue weighted by Crippen LogP contribution is -2.25. The molecule has 0 aliphatic carbocycles. The van der Waals surface area contributed by atoms with Crippen molar-refractivity contribution in [3.8, 4) is 22.5 Å². The molecule has 4 heterocycles. The molecule has 0 radical (unpaired) electrons. The zero-order chi connectivity index (χ0) is 35.9. The molecule has 0 spiro atoms. The van der Waals surface area contributed by atoms with Crippen LogP contribution < -0.4 is 21.8 Å². The third kappa shape index (κ3) is 7.91. The fourth-order valence-corrected chi connectivity index (χ4v) is 5.52. The highest BCUT2D eigenvalue weighted by atomic mass is 16.1. The highest BCUT2D eigenvalue weighted by Gasteiger charge is 2.13. The van der Waals surface area contributed by atoms with E-state index in [0.29, 0.717) is 24.5 Å². The first-order chi connectivity index (χ1) is 24.7. The van der Waals surface area contributed by atoms with Gasteiger partial charge >= 0.3 is 0 Å². The van der Waals surface area contributed by atoms with Crippen LogP contribution in [0.3, 0.4) is 0 Å². The molecule has 2 N–H and O–H groups in total. The van der Waals surface area contributed by atoms with Crippen molar-refractivity contribution < 1.29 is 0 Å². The van der Waals surface area contributed by atoms with Gasteiger partial charge in [-0.25, -0.2) is 9.36 Å². The largest absolute Gasteiger partial charge is 0.349 e. The molecule has 7 aromatic rings. The van der Waals surface area contributed by atoms with Gasteiger partial charge in [0.15, 0.2) is 0 Å². The average molecular weight is 677 g/mol. The van der Waals surface area contributed by atoms with Gasteiger partial charge in [-0.2, -0.15) is 10.2 Å². The van der Waals surface area contributed by atoms with Crippen molar-refractivity contribution >= 4 is 33.5 Å². The summed E-state index contributed by atoms with van der Waals surface area (Å²) in [7, 11) is 0. The zero-order valence-electron chi connectivity index (χ0n) is 29.4. The molecule has 10 heteroatoms. The molecule has 51 heavy (non-hydrogen) atoms. The number of aromatic nitrogens is 6. The quantitative estimate of drug-likeness (QED) is 0.165. The van der Waals surface area contributed by atoms with Gasteiger partial charge in [0.25, 0.3) is 11.1 Å². The fraction of sp³-hybridized carbons (Fsp3) is 0.171. The van der Waals surface area contributed by atoms with Crippen LogP contribution in [0.1, 0.15) is 30.5 Å². The Bertz CT molecular complexity index is 2410. The number of pyridine rings is 2. The summed E-state index contributed by atoms with van der Waals surface area (Å²) in [4.78, 5) is 33.8. The minimum atomic E-state index is -0.152. The molecule has 0 amide bonds. The van der Waals surface area contributed by atoms with Gasteiger partial charge in [-0.3, -0.25) is 19.6 Å². The number of hydrogen-bond donors (Lipinski definition) is 2. The standard InChI is InChI=1S/C22H20N4O.C19H20N4O/c1-3-26-22(27)20(12-19(25-26)16-10-8-15(2)9-11-16)24-21-14-23-13-17-6-4-5-7-18(17)21;1-4-23-19(24)17(21-18-12-20-10-9-14(18)3)11-16(22-23)15-7-5-13(2)6-8-15/h4-14,24H,3H2,1-2H3;5-12,21H,4H2,1-3H3. The highest BCUT2D eigenvalue weighted by molar-refractivity contribution is 5.94. The van der Waals surface area contributed by atoms with Gasteiger partial charge in [0, 0.05) is 47.4 Å². The van der Waals surface area contributed by atoms with Crippen molar-refractivity contribution in [2.24, 2.45) is 0 Å². The summed E-state index contributed by atoms with van der Waals surface area (Å²) in [6.07, 6.45) is 7.01. The van der Waals surface area contributed by atoms with Crippen LogP contribution in [-0.4, -0.2) is 29.5 Å². The molecule has 256 valence electrons. The molecule has 0 atom stereocenters. The van der Waals surface area contributed by atoms with Crippen LogP contribution >= 0.6 is 0 Å². The van der Waals surface area contributed by atoms with E-state index in [1.54, 1.807) is 30.7 Å². The molecule has 0 saturated heterocycles. The first-order valence-corrected chi connectivity index (χ1v) is 16.9. The van der Waals surface area contributed by atoms with E-state index in [1.165, 1.54) is 20.5 Å². The first kappa shape index (κ1) is 34.4. The Hall–Kier alpha value is -6.42. The molecule has 4 aromatic heterocycles. The molecular weight excluding hydrogens is 637 g/mol. The first-order valence-electron chi connectivity index (χ1n) is 16.9. The third-order valence-corrected chi connectivity index (χ3v) is 8.49. The van der Waals surface area contributed by atoms with Crippen LogP contribution in [0.4, 0.5) is 22.7 Å². The highest BCUT2D eigenvalue weighted by Crippen LogP contribution is 2.26. The van der Waals surface area contributed by atoms with Crippen LogP contribution in [0, 0.1) is 20.8 Å². The van der Waals surface area contributed by atoms with E-state index >= 15 is 0 Å². The molecule has 0 unspecified atom stereocenters. The van der Waals surface area contributed by atoms with E-state index in [2.05, 4.69) is 30.8 Å². The molecule has 0 saturated carbocycles.